The molecule has 1 aromatic carbocycles. The summed E-state index contributed by atoms with van der Waals surface area (Å²) in [6.07, 6.45) is 1.64. The van der Waals surface area contributed by atoms with Gasteiger partial charge in [-0.05, 0) is 23.5 Å². The Morgan fingerprint density at radius 3 is 2.30 bits per heavy atom. The first-order chi connectivity index (χ1) is 10.6. The van der Waals surface area contributed by atoms with Crippen LogP contribution in [-0.2, 0) is 14.8 Å². The van der Waals surface area contributed by atoms with Gasteiger partial charge in [-0.3, -0.25) is 9.10 Å². The number of amides is 1. The van der Waals surface area contributed by atoms with E-state index in [9.17, 15) is 13.2 Å². The fourth-order valence-corrected chi connectivity index (χ4v) is 3.35. The van der Waals surface area contributed by atoms with Crippen molar-refractivity contribution in [2.75, 3.05) is 23.7 Å². The van der Waals surface area contributed by atoms with E-state index < -0.39 is 10.0 Å². The molecule has 0 unspecified atom stereocenters. The Kier molecular flexibility index (Phi) is 7.06. The van der Waals surface area contributed by atoms with Gasteiger partial charge in [0.05, 0.1) is 18.5 Å². The summed E-state index contributed by atoms with van der Waals surface area (Å²) >= 11 is 0. The highest BCUT2D eigenvalue weighted by Gasteiger charge is 2.21. The van der Waals surface area contributed by atoms with Gasteiger partial charge in [0.15, 0.2) is 0 Å². The fourth-order valence-electron chi connectivity index (χ4n) is 2.41. The normalized spacial score (nSPS) is 11.8. The zero-order valence-electron chi connectivity index (χ0n) is 14.7. The van der Waals surface area contributed by atoms with Crippen molar-refractivity contribution in [2.45, 2.75) is 40.0 Å². The summed E-state index contributed by atoms with van der Waals surface area (Å²) in [5.41, 5.74) is 1.66. The second-order valence-electron chi connectivity index (χ2n) is 6.50. The number of nitrogens with one attached hydrogen (secondary N) is 1. The van der Waals surface area contributed by atoms with E-state index in [4.69, 9.17) is 0 Å². The van der Waals surface area contributed by atoms with Crippen LogP contribution >= 0.6 is 0 Å². The number of carbonyl (C=O) groups excluding carboxylic acids is 1. The van der Waals surface area contributed by atoms with E-state index >= 15 is 0 Å². The highest BCUT2D eigenvalue weighted by molar-refractivity contribution is 7.92. The van der Waals surface area contributed by atoms with Crippen molar-refractivity contribution in [3.05, 3.63) is 29.8 Å². The van der Waals surface area contributed by atoms with Crippen molar-refractivity contribution in [3.8, 4) is 0 Å². The Hall–Kier alpha value is -1.56. The van der Waals surface area contributed by atoms with Crippen LogP contribution in [0.25, 0.3) is 0 Å². The second kappa shape index (κ2) is 8.34. The van der Waals surface area contributed by atoms with Crippen LogP contribution < -0.4 is 9.62 Å². The number of anilines is 1. The van der Waals surface area contributed by atoms with E-state index in [-0.39, 0.29) is 24.3 Å². The first kappa shape index (κ1) is 19.5. The minimum absolute atomic E-state index is 0.0504. The summed E-state index contributed by atoms with van der Waals surface area (Å²) in [6, 6.07) is 7.49. The predicted molar refractivity (Wildman–Crippen MR) is 95.2 cm³/mol. The zero-order valence-corrected chi connectivity index (χ0v) is 15.5. The van der Waals surface area contributed by atoms with Gasteiger partial charge in [-0.2, -0.15) is 0 Å². The summed E-state index contributed by atoms with van der Waals surface area (Å²) in [6.45, 7) is 8.54. The van der Waals surface area contributed by atoms with Crippen molar-refractivity contribution in [1.29, 1.82) is 0 Å². The molecule has 0 aliphatic rings. The Labute approximate surface area is 140 Å². The van der Waals surface area contributed by atoms with E-state index in [0.29, 0.717) is 18.7 Å². The minimum atomic E-state index is -3.41. The van der Waals surface area contributed by atoms with E-state index in [1.165, 1.54) is 10.6 Å². The number of benzene rings is 1. The van der Waals surface area contributed by atoms with Gasteiger partial charge in [0.1, 0.15) is 0 Å². The SMILES string of the molecule is CC(C)CC(=O)NCCN(c1ccccc1C(C)C)S(C)(=O)=O. The molecular weight excluding hydrogens is 312 g/mol. The molecule has 0 aliphatic heterocycles. The zero-order chi connectivity index (χ0) is 17.6. The monoisotopic (exact) mass is 340 g/mol. The first-order valence-electron chi connectivity index (χ1n) is 7.96. The third kappa shape index (κ3) is 6.22. The van der Waals surface area contributed by atoms with Crippen LogP contribution in [0.4, 0.5) is 5.69 Å². The lowest BCUT2D eigenvalue weighted by atomic mass is 10.0. The molecule has 0 heterocycles. The molecule has 0 aromatic heterocycles. The van der Waals surface area contributed by atoms with Crippen molar-refractivity contribution >= 4 is 21.6 Å². The summed E-state index contributed by atoms with van der Waals surface area (Å²) in [5, 5.41) is 2.79. The molecule has 0 saturated carbocycles. The molecule has 1 aromatic rings. The van der Waals surface area contributed by atoms with Crippen molar-refractivity contribution in [1.82, 2.24) is 5.32 Å². The molecule has 5 nitrogen and oxygen atoms in total. The standard InChI is InChI=1S/C17H28N2O3S/c1-13(2)12-17(20)18-10-11-19(23(5,21)22)16-9-7-6-8-15(16)14(3)4/h6-9,13-14H,10-12H2,1-5H3,(H,18,20). The molecule has 6 heteroatoms. The molecule has 1 N–H and O–H groups in total. The summed E-state index contributed by atoms with van der Waals surface area (Å²) < 4.78 is 25.7. The highest BCUT2D eigenvalue weighted by Crippen LogP contribution is 2.28. The maximum Gasteiger partial charge on any atom is 0.232 e. The maximum atomic E-state index is 12.2. The average molecular weight is 340 g/mol. The summed E-state index contributed by atoms with van der Waals surface area (Å²) in [5.74, 6) is 0.444. The predicted octanol–water partition coefficient (Wildman–Crippen LogP) is 2.74. The Balaban J connectivity index is 2.90. The second-order valence-corrected chi connectivity index (χ2v) is 8.40. The number of hydrogen-bond donors (Lipinski definition) is 1. The minimum Gasteiger partial charge on any atom is -0.354 e. The number of para-hydroxylation sites is 1. The first-order valence-corrected chi connectivity index (χ1v) is 9.81. The molecule has 1 rings (SSSR count). The third-order valence-electron chi connectivity index (χ3n) is 3.46. The van der Waals surface area contributed by atoms with E-state index in [0.717, 1.165) is 5.56 Å². The molecule has 0 saturated heterocycles. The van der Waals surface area contributed by atoms with Crippen molar-refractivity contribution in [3.63, 3.8) is 0 Å². The van der Waals surface area contributed by atoms with Gasteiger partial charge in [0.2, 0.25) is 15.9 Å². The molecule has 0 atom stereocenters. The van der Waals surface area contributed by atoms with Crippen LogP contribution in [0.2, 0.25) is 0 Å². The molecule has 0 radical (unpaired) electrons. The molecule has 23 heavy (non-hydrogen) atoms. The number of carbonyl (C=O) groups is 1. The summed E-state index contributed by atoms with van der Waals surface area (Å²) in [4.78, 5) is 11.7. The van der Waals surface area contributed by atoms with Gasteiger partial charge >= 0.3 is 0 Å². The Bertz CT molecular complexity index is 624. The third-order valence-corrected chi connectivity index (χ3v) is 4.64. The molecule has 130 valence electrons. The van der Waals surface area contributed by atoms with Crippen LogP contribution in [-0.4, -0.2) is 33.7 Å². The molecule has 0 spiro atoms. The van der Waals surface area contributed by atoms with Gasteiger partial charge in [0.25, 0.3) is 0 Å². The van der Waals surface area contributed by atoms with E-state index in [1.807, 2.05) is 52.0 Å². The van der Waals surface area contributed by atoms with Crippen LogP contribution in [0.3, 0.4) is 0 Å². The number of rotatable bonds is 8. The van der Waals surface area contributed by atoms with Crippen molar-refractivity contribution in [2.24, 2.45) is 5.92 Å². The number of hydrogen-bond acceptors (Lipinski definition) is 3. The largest absolute Gasteiger partial charge is 0.354 e. The van der Waals surface area contributed by atoms with E-state index in [2.05, 4.69) is 5.32 Å². The van der Waals surface area contributed by atoms with Gasteiger partial charge in [0, 0.05) is 13.0 Å². The highest BCUT2D eigenvalue weighted by atomic mass is 32.2. The van der Waals surface area contributed by atoms with Crippen LogP contribution in [0.1, 0.15) is 45.6 Å². The summed E-state index contributed by atoms with van der Waals surface area (Å²) in [7, 11) is -3.41. The van der Waals surface area contributed by atoms with Crippen LogP contribution in [0.5, 0.6) is 0 Å². The maximum absolute atomic E-state index is 12.2. The fraction of sp³-hybridized carbons (Fsp3) is 0.588. The lowest BCUT2D eigenvalue weighted by Gasteiger charge is -2.26. The molecule has 1 amide bonds. The van der Waals surface area contributed by atoms with Gasteiger partial charge in [-0.15, -0.1) is 0 Å². The number of nitrogens with zero attached hydrogens (tertiary/aromatic N) is 1. The molecule has 0 fully saturated rings. The Morgan fingerprint density at radius 1 is 1.17 bits per heavy atom. The lowest BCUT2D eigenvalue weighted by Crippen LogP contribution is -2.38. The molecular formula is C17H28N2O3S. The Morgan fingerprint density at radius 2 is 1.78 bits per heavy atom. The van der Waals surface area contributed by atoms with Gasteiger partial charge < -0.3 is 5.32 Å². The molecule has 0 aliphatic carbocycles. The van der Waals surface area contributed by atoms with E-state index in [1.54, 1.807) is 0 Å². The lowest BCUT2D eigenvalue weighted by molar-refractivity contribution is -0.121. The number of sulfonamides is 1. The molecule has 0 bridgehead atoms. The van der Waals surface area contributed by atoms with Gasteiger partial charge in [-0.1, -0.05) is 45.9 Å². The van der Waals surface area contributed by atoms with Gasteiger partial charge in [-0.25, -0.2) is 8.42 Å². The van der Waals surface area contributed by atoms with Crippen molar-refractivity contribution < 1.29 is 13.2 Å². The topological polar surface area (TPSA) is 66.5 Å². The van der Waals surface area contributed by atoms with Crippen LogP contribution in [0.15, 0.2) is 24.3 Å². The average Bonchev–Trinajstić information content (AvgIpc) is 2.41. The van der Waals surface area contributed by atoms with Crippen LogP contribution in [0, 0.1) is 5.92 Å². The smallest absolute Gasteiger partial charge is 0.232 e. The quantitative estimate of drug-likeness (QED) is 0.791.